The second-order valence-corrected chi connectivity index (χ2v) is 7.20. The van der Waals surface area contributed by atoms with Gasteiger partial charge in [0, 0.05) is 14.9 Å². The van der Waals surface area contributed by atoms with Crippen molar-refractivity contribution in [2.75, 3.05) is 5.32 Å². The van der Waals surface area contributed by atoms with Crippen LogP contribution in [0.3, 0.4) is 0 Å². The summed E-state index contributed by atoms with van der Waals surface area (Å²) in [6.45, 7) is 2.27. The number of aryl methyl sites for hydroxylation is 1. The van der Waals surface area contributed by atoms with Gasteiger partial charge in [-0.05, 0) is 49.4 Å². The fourth-order valence-corrected chi connectivity index (χ4v) is 3.79. The van der Waals surface area contributed by atoms with E-state index < -0.39 is 0 Å². The molecule has 20 heavy (non-hydrogen) atoms. The van der Waals surface area contributed by atoms with Gasteiger partial charge in [0.05, 0.1) is 5.69 Å². The van der Waals surface area contributed by atoms with Crippen molar-refractivity contribution in [3.63, 3.8) is 0 Å². The maximum atomic E-state index is 12.1. The van der Waals surface area contributed by atoms with E-state index in [2.05, 4.69) is 33.2 Å². The number of carbonyl (C=O) groups is 1. The number of thiazole rings is 1. The molecule has 0 spiro atoms. The van der Waals surface area contributed by atoms with Crippen LogP contribution in [0.1, 0.15) is 34.3 Å². The summed E-state index contributed by atoms with van der Waals surface area (Å²) < 4.78 is 0.966. The van der Waals surface area contributed by atoms with Crippen molar-refractivity contribution in [1.82, 2.24) is 4.98 Å². The Morgan fingerprint density at radius 3 is 2.90 bits per heavy atom. The Kier molecular flexibility index (Phi) is 3.89. The Bertz CT molecular complexity index is 636. The number of aromatic nitrogens is 1. The lowest BCUT2D eigenvalue weighted by Crippen LogP contribution is -2.11. The average molecular weight is 351 g/mol. The minimum Gasteiger partial charge on any atom is -0.298 e. The van der Waals surface area contributed by atoms with Crippen molar-refractivity contribution in [3.8, 4) is 0 Å². The molecular weight excluding hydrogens is 336 g/mol. The van der Waals surface area contributed by atoms with Crippen molar-refractivity contribution >= 4 is 38.3 Å². The van der Waals surface area contributed by atoms with Crippen molar-refractivity contribution in [2.45, 2.75) is 26.2 Å². The van der Waals surface area contributed by atoms with Crippen molar-refractivity contribution < 1.29 is 4.79 Å². The first-order valence-electron chi connectivity index (χ1n) is 6.67. The van der Waals surface area contributed by atoms with Crippen molar-refractivity contribution in [3.05, 3.63) is 44.9 Å². The molecule has 1 aliphatic carbocycles. The minimum absolute atomic E-state index is 0.100. The number of hydrogen-bond donors (Lipinski definition) is 1. The van der Waals surface area contributed by atoms with E-state index in [1.54, 1.807) is 23.5 Å². The van der Waals surface area contributed by atoms with Crippen LogP contribution in [0.5, 0.6) is 0 Å². The van der Waals surface area contributed by atoms with Crippen LogP contribution in [0.2, 0.25) is 0 Å². The standard InChI is InChI=1S/C15H15BrN2OS/c1-9-2-7-12-13(8-9)20-15(17-12)18-14(19)10-3-5-11(16)6-4-10/h3-6,9H,2,7-8H2,1H3,(H,17,18,19)/t9-/m0/s1. The van der Waals surface area contributed by atoms with Gasteiger partial charge in [0.1, 0.15) is 0 Å². The number of fused-ring (bicyclic) bond motifs is 1. The minimum atomic E-state index is -0.100. The summed E-state index contributed by atoms with van der Waals surface area (Å²) in [6.07, 6.45) is 3.30. The average Bonchev–Trinajstić information content (AvgIpc) is 2.80. The number of nitrogens with zero attached hydrogens (tertiary/aromatic N) is 1. The number of nitrogens with one attached hydrogen (secondary N) is 1. The molecule has 1 aliphatic rings. The zero-order chi connectivity index (χ0) is 14.1. The van der Waals surface area contributed by atoms with E-state index in [0.717, 1.165) is 28.4 Å². The van der Waals surface area contributed by atoms with E-state index in [4.69, 9.17) is 0 Å². The van der Waals surface area contributed by atoms with Crippen LogP contribution in [-0.2, 0) is 12.8 Å². The SMILES string of the molecule is C[C@H]1CCc2nc(NC(=O)c3ccc(Br)cc3)sc2C1. The Morgan fingerprint density at radius 2 is 2.15 bits per heavy atom. The van der Waals surface area contributed by atoms with E-state index in [1.165, 1.54) is 17.0 Å². The van der Waals surface area contributed by atoms with Gasteiger partial charge >= 0.3 is 0 Å². The summed E-state index contributed by atoms with van der Waals surface area (Å²) in [7, 11) is 0. The maximum Gasteiger partial charge on any atom is 0.257 e. The molecule has 1 N–H and O–H groups in total. The largest absolute Gasteiger partial charge is 0.298 e. The molecule has 5 heteroatoms. The predicted molar refractivity (Wildman–Crippen MR) is 85.4 cm³/mol. The highest BCUT2D eigenvalue weighted by Crippen LogP contribution is 2.32. The number of hydrogen-bond acceptors (Lipinski definition) is 3. The molecular formula is C15H15BrN2OS. The number of rotatable bonds is 2. The molecule has 1 aromatic carbocycles. The molecule has 104 valence electrons. The second-order valence-electron chi connectivity index (χ2n) is 5.20. The van der Waals surface area contributed by atoms with E-state index in [1.807, 2.05) is 12.1 Å². The fourth-order valence-electron chi connectivity index (χ4n) is 2.36. The third-order valence-corrected chi connectivity index (χ3v) is 5.08. The molecule has 1 atom stereocenters. The van der Waals surface area contributed by atoms with Gasteiger partial charge in [-0.3, -0.25) is 10.1 Å². The molecule has 1 amide bonds. The summed E-state index contributed by atoms with van der Waals surface area (Å²) in [5.41, 5.74) is 1.81. The Balaban J connectivity index is 1.75. The van der Waals surface area contributed by atoms with E-state index in [9.17, 15) is 4.79 Å². The van der Waals surface area contributed by atoms with Gasteiger partial charge in [0.15, 0.2) is 5.13 Å². The van der Waals surface area contributed by atoms with Crippen LogP contribution in [0.15, 0.2) is 28.7 Å². The quantitative estimate of drug-likeness (QED) is 0.877. The Hall–Kier alpha value is -1.20. The highest BCUT2D eigenvalue weighted by Gasteiger charge is 2.20. The van der Waals surface area contributed by atoms with E-state index in [-0.39, 0.29) is 5.91 Å². The fraction of sp³-hybridized carbons (Fsp3) is 0.333. The number of anilines is 1. The number of halogens is 1. The molecule has 1 aromatic heterocycles. The molecule has 1 heterocycles. The van der Waals surface area contributed by atoms with Gasteiger partial charge in [-0.25, -0.2) is 4.98 Å². The zero-order valence-electron chi connectivity index (χ0n) is 11.1. The third-order valence-electron chi connectivity index (χ3n) is 3.51. The monoisotopic (exact) mass is 350 g/mol. The molecule has 0 unspecified atom stereocenters. The first kappa shape index (κ1) is 13.8. The summed E-state index contributed by atoms with van der Waals surface area (Å²) >= 11 is 4.98. The number of carbonyl (C=O) groups excluding carboxylic acids is 1. The topological polar surface area (TPSA) is 42.0 Å². The van der Waals surface area contributed by atoms with Crippen LogP contribution >= 0.6 is 27.3 Å². The van der Waals surface area contributed by atoms with Gasteiger partial charge in [0.2, 0.25) is 0 Å². The van der Waals surface area contributed by atoms with Crippen LogP contribution in [0.25, 0.3) is 0 Å². The van der Waals surface area contributed by atoms with Crippen LogP contribution in [0.4, 0.5) is 5.13 Å². The summed E-state index contributed by atoms with van der Waals surface area (Å²) in [6, 6.07) is 7.33. The number of benzene rings is 1. The molecule has 2 aromatic rings. The van der Waals surface area contributed by atoms with Crippen LogP contribution in [-0.4, -0.2) is 10.9 Å². The summed E-state index contributed by atoms with van der Waals surface area (Å²) in [5.74, 6) is 0.620. The van der Waals surface area contributed by atoms with Crippen LogP contribution < -0.4 is 5.32 Å². The highest BCUT2D eigenvalue weighted by molar-refractivity contribution is 9.10. The molecule has 0 fully saturated rings. The van der Waals surface area contributed by atoms with Crippen molar-refractivity contribution in [2.24, 2.45) is 5.92 Å². The smallest absolute Gasteiger partial charge is 0.257 e. The van der Waals surface area contributed by atoms with Gasteiger partial charge < -0.3 is 0 Å². The molecule has 0 saturated heterocycles. The molecule has 0 aliphatic heterocycles. The molecule has 0 radical (unpaired) electrons. The van der Waals surface area contributed by atoms with Crippen LogP contribution in [0, 0.1) is 5.92 Å². The predicted octanol–water partition coefficient (Wildman–Crippen LogP) is 4.28. The Labute approximate surface area is 130 Å². The molecule has 0 saturated carbocycles. The number of amides is 1. The molecule has 3 rings (SSSR count). The maximum absolute atomic E-state index is 12.1. The normalized spacial score (nSPS) is 17.6. The van der Waals surface area contributed by atoms with Gasteiger partial charge in [-0.15, -0.1) is 11.3 Å². The van der Waals surface area contributed by atoms with Crippen molar-refractivity contribution in [1.29, 1.82) is 0 Å². The van der Waals surface area contributed by atoms with Gasteiger partial charge in [0.25, 0.3) is 5.91 Å². The van der Waals surface area contributed by atoms with E-state index >= 15 is 0 Å². The lowest BCUT2D eigenvalue weighted by atomic mass is 9.93. The summed E-state index contributed by atoms with van der Waals surface area (Å²) in [5, 5.41) is 3.62. The molecule has 0 bridgehead atoms. The summed E-state index contributed by atoms with van der Waals surface area (Å²) in [4.78, 5) is 18.0. The van der Waals surface area contributed by atoms with E-state index in [0.29, 0.717) is 5.56 Å². The molecule has 3 nitrogen and oxygen atoms in total. The Morgan fingerprint density at radius 1 is 1.40 bits per heavy atom. The highest BCUT2D eigenvalue weighted by atomic mass is 79.9. The lowest BCUT2D eigenvalue weighted by molar-refractivity contribution is 0.102. The van der Waals surface area contributed by atoms with Gasteiger partial charge in [-0.1, -0.05) is 22.9 Å². The lowest BCUT2D eigenvalue weighted by Gasteiger charge is -2.15. The second kappa shape index (κ2) is 5.66. The van der Waals surface area contributed by atoms with Gasteiger partial charge in [-0.2, -0.15) is 0 Å². The first-order chi connectivity index (χ1) is 9.61. The first-order valence-corrected chi connectivity index (χ1v) is 8.28. The zero-order valence-corrected chi connectivity index (χ0v) is 13.6. The third kappa shape index (κ3) is 2.94.